The first kappa shape index (κ1) is 16.4. The normalized spacial score (nSPS) is 15.2. The number of nitrogens with zero attached hydrogens (tertiary/aromatic N) is 4. The van der Waals surface area contributed by atoms with Crippen molar-refractivity contribution in [2.45, 2.75) is 25.9 Å². The molecule has 2 aromatic heterocycles. The molecule has 0 aliphatic heterocycles. The van der Waals surface area contributed by atoms with Gasteiger partial charge in [-0.15, -0.1) is 0 Å². The lowest BCUT2D eigenvalue weighted by molar-refractivity contribution is 0.208. The number of nitrogens with one attached hydrogen (secondary N) is 4. The molecule has 9 heteroatoms. The summed E-state index contributed by atoms with van der Waals surface area (Å²) in [7, 11) is 3.59. The van der Waals surface area contributed by atoms with Crippen LogP contribution in [0, 0.1) is 5.92 Å². The second-order valence-electron chi connectivity index (χ2n) is 6.04. The Morgan fingerprint density at radius 2 is 1.50 bits per heavy atom. The van der Waals surface area contributed by atoms with Crippen LogP contribution < -0.4 is 21.3 Å². The monoisotopic (exact) mass is 332 g/mol. The Kier molecular flexibility index (Phi) is 4.79. The van der Waals surface area contributed by atoms with Crippen molar-refractivity contribution in [3.8, 4) is 0 Å². The smallest absolute Gasteiger partial charge is 0.225 e. The molecule has 1 fully saturated rings. The van der Waals surface area contributed by atoms with Gasteiger partial charge in [0.2, 0.25) is 11.9 Å². The van der Waals surface area contributed by atoms with E-state index in [1.54, 1.807) is 21.0 Å². The maximum atomic E-state index is 9.42. The first-order chi connectivity index (χ1) is 11.6. The Morgan fingerprint density at radius 3 is 1.96 bits per heavy atom. The van der Waals surface area contributed by atoms with E-state index in [0.29, 0.717) is 41.1 Å². The average Bonchev–Trinajstić information content (AvgIpc) is 3.41. The predicted molar refractivity (Wildman–Crippen MR) is 95.6 cm³/mol. The largest absolute Gasteiger partial charge is 0.392 e. The summed E-state index contributed by atoms with van der Waals surface area (Å²) in [4.78, 5) is 18.0. The summed E-state index contributed by atoms with van der Waals surface area (Å²) >= 11 is 0. The van der Waals surface area contributed by atoms with Crippen LogP contribution in [-0.2, 0) is 0 Å². The summed E-state index contributed by atoms with van der Waals surface area (Å²) in [5.74, 6) is 2.98. The topological polar surface area (TPSA) is 120 Å². The standard InChI is InChI=1S/C15H24N8O/c1-8(24)6-18-14-20-10-11(12(16-2)22-14)21-15(23-13(10)17-3)19-7-9-4-5-9/h8-9,24H,4-7H2,1-3H3,(H2,16,18,20,22)(H2,17,19,21,23)/t8-/m0/s1. The van der Waals surface area contributed by atoms with Gasteiger partial charge in [-0.2, -0.15) is 9.97 Å². The number of hydrogen-bond acceptors (Lipinski definition) is 9. The van der Waals surface area contributed by atoms with Gasteiger partial charge in [0.1, 0.15) is 11.0 Å². The third-order valence-electron chi connectivity index (χ3n) is 3.82. The van der Waals surface area contributed by atoms with Gasteiger partial charge in [0.05, 0.1) is 6.10 Å². The molecule has 0 bridgehead atoms. The molecule has 1 saturated carbocycles. The lowest BCUT2D eigenvalue weighted by Crippen LogP contribution is -2.18. The van der Waals surface area contributed by atoms with Crippen molar-refractivity contribution in [2.75, 3.05) is 48.5 Å². The molecule has 1 aliphatic rings. The third-order valence-corrected chi connectivity index (χ3v) is 3.82. The van der Waals surface area contributed by atoms with Gasteiger partial charge in [-0.1, -0.05) is 0 Å². The van der Waals surface area contributed by atoms with Crippen LogP contribution in [0.4, 0.5) is 23.5 Å². The Balaban J connectivity index is 1.97. The van der Waals surface area contributed by atoms with Gasteiger partial charge >= 0.3 is 0 Å². The minimum atomic E-state index is -0.489. The van der Waals surface area contributed by atoms with E-state index in [4.69, 9.17) is 0 Å². The third kappa shape index (κ3) is 3.73. The fraction of sp³-hybridized carbons (Fsp3) is 0.600. The number of hydrogen-bond donors (Lipinski definition) is 5. The highest BCUT2D eigenvalue weighted by molar-refractivity contribution is 5.94. The molecular formula is C15H24N8O. The molecule has 3 rings (SSSR count). The van der Waals surface area contributed by atoms with Gasteiger partial charge in [0, 0.05) is 27.2 Å². The van der Waals surface area contributed by atoms with E-state index in [0.717, 1.165) is 12.5 Å². The fourth-order valence-electron chi connectivity index (χ4n) is 2.32. The van der Waals surface area contributed by atoms with E-state index < -0.39 is 6.10 Å². The van der Waals surface area contributed by atoms with Crippen LogP contribution in [-0.4, -0.2) is 58.3 Å². The Labute approximate surface area is 140 Å². The van der Waals surface area contributed by atoms with Crippen molar-refractivity contribution < 1.29 is 5.11 Å². The van der Waals surface area contributed by atoms with Gasteiger partial charge < -0.3 is 26.4 Å². The van der Waals surface area contributed by atoms with Crippen molar-refractivity contribution in [3.63, 3.8) is 0 Å². The molecule has 9 nitrogen and oxygen atoms in total. The summed E-state index contributed by atoms with van der Waals surface area (Å²) in [6, 6.07) is 0. The summed E-state index contributed by atoms with van der Waals surface area (Å²) in [5.41, 5.74) is 1.28. The second-order valence-corrected chi connectivity index (χ2v) is 6.04. The van der Waals surface area contributed by atoms with Crippen molar-refractivity contribution in [1.29, 1.82) is 0 Å². The second kappa shape index (κ2) is 7.00. The van der Waals surface area contributed by atoms with E-state index in [9.17, 15) is 5.11 Å². The zero-order valence-electron chi connectivity index (χ0n) is 14.2. The van der Waals surface area contributed by atoms with Crippen LogP contribution in [0.2, 0.25) is 0 Å². The van der Waals surface area contributed by atoms with Crippen LogP contribution in [0.3, 0.4) is 0 Å². The van der Waals surface area contributed by atoms with E-state index >= 15 is 0 Å². The minimum Gasteiger partial charge on any atom is -0.392 e. The Bertz CT molecular complexity index is 663. The van der Waals surface area contributed by atoms with Crippen LogP contribution >= 0.6 is 0 Å². The van der Waals surface area contributed by atoms with Crippen LogP contribution in [0.5, 0.6) is 0 Å². The maximum absolute atomic E-state index is 9.42. The molecule has 1 atom stereocenters. The molecule has 1 aliphatic carbocycles. The van der Waals surface area contributed by atoms with Gasteiger partial charge in [0.25, 0.3) is 0 Å². The molecule has 2 aromatic rings. The number of aromatic nitrogens is 4. The molecule has 0 saturated heterocycles. The summed E-state index contributed by atoms with van der Waals surface area (Å²) in [6.07, 6.45) is 2.04. The van der Waals surface area contributed by atoms with E-state index in [1.165, 1.54) is 12.8 Å². The fourth-order valence-corrected chi connectivity index (χ4v) is 2.32. The highest BCUT2D eigenvalue weighted by Gasteiger charge is 2.22. The van der Waals surface area contributed by atoms with E-state index in [1.807, 2.05) is 0 Å². The number of rotatable bonds is 8. The minimum absolute atomic E-state index is 0.367. The molecule has 2 heterocycles. The first-order valence-electron chi connectivity index (χ1n) is 8.21. The molecule has 0 radical (unpaired) electrons. The summed E-state index contributed by atoms with van der Waals surface area (Å²) < 4.78 is 0. The van der Waals surface area contributed by atoms with Crippen LogP contribution in [0.1, 0.15) is 19.8 Å². The van der Waals surface area contributed by atoms with Gasteiger partial charge in [-0.05, 0) is 25.7 Å². The van der Waals surface area contributed by atoms with Crippen molar-refractivity contribution in [1.82, 2.24) is 19.9 Å². The van der Waals surface area contributed by atoms with E-state index in [-0.39, 0.29) is 0 Å². The van der Waals surface area contributed by atoms with E-state index in [2.05, 4.69) is 41.2 Å². The number of aliphatic hydroxyl groups is 1. The number of aliphatic hydroxyl groups excluding tert-OH is 1. The molecule has 24 heavy (non-hydrogen) atoms. The molecule has 5 N–H and O–H groups in total. The highest BCUT2D eigenvalue weighted by atomic mass is 16.3. The summed E-state index contributed by atoms with van der Waals surface area (Å²) in [5, 5.41) is 21.8. The zero-order valence-corrected chi connectivity index (χ0v) is 14.2. The molecule has 0 unspecified atom stereocenters. The Hall–Kier alpha value is -2.42. The molecule has 0 aromatic carbocycles. The van der Waals surface area contributed by atoms with Crippen LogP contribution in [0.15, 0.2) is 0 Å². The molecule has 0 amide bonds. The molecular weight excluding hydrogens is 308 g/mol. The maximum Gasteiger partial charge on any atom is 0.225 e. The molecule has 0 spiro atoms. The quantitative estimate of drug-likeness (QED) is 0.484. The van der Waals surface area contributed by atoms with Gasteiger partial charge in [0.15, 0.2) is 11.6 Å². The lowest BCUT2D eigenvalue weighted by Gasteiger charge is -2.13. The lowest BCUT2D eigenvalue weighted by atomic mass is 10.3. The first-order valence-corrected chi connectivity index (χ1v) is 8.21. The van der Waals surface area contributed by atoms with Crippen molar-refractivity contribution in [2.24, 2.45) is 5.92 Å². The van der Waals surface area contributed by atoms with Gasteiger partial charge in [-0.25, -0.2) is 9.97 Å². The zero-order chi connectivity index (χ0) is 17.1. The Morgan fingerprint density at radius 1 is 0.958 bits per heavy atom. The summed E-state index contributed by atoms with van der Waals surface area (Å²) in [6.45, 7) is 2.96. The average molecular weight is 332 g/mol. The van der Waals surface area contributed by atoms with Crippen molar-refractivity contribution in [3.05, 3.63) is 0 Å². The molecule has 130 valence electrons. The van der Waals surface area contributed by atoms with Crippen LogP contribution in [0.25, 0.3) is 11.0 Å². The number of fused-ring (bicyclic) bond motifs is 1. The number of anilines is 4. The SMILES string of the molecule is CNc1nc(NC[C@H](C)O)nc2c(NC)nc(NCC3CC3)nc12. The predicted octanol–water partition coefficient (Wildman–Crippen LogP) is 1.12. The van der Waals surface area contributed by atoms with Crippen molar-refractivity contribution >= 4 is 34.6 Å². The van der Waals surface area contributed by atoms with Gasteiger partial charge in [-0.3, -0.25) is 0 Å². The highest BCUT2D eigenvalue weighted by Crippen LogP contribution is 2.30.